The summed E-state index contributed by atoms with van der Waals surface area (Å²) < 4.78 is 5.93. The summed E-state index contributed by atoms with van der Waals surface area (Å²) in [6.45, 7) is 6.50. The second kappa shape index (κ2) is 52.3. The van der Waals surface area contributed by atoms with Crippen molar-refractivity contribution in [3.63, 3.8) is 0 Å². The molecule has 0 aliphatic heterocycles. The fourth-order valence-electron chi connectivity index (χ4n) is 8.90. The molecule has 0 aliphatic rings. The van der Waals surface area contributed by atoms with Gasteiger partial charge >= 0.3 is 5.97 Å². The van der Waals surface area contributed by atoms with E-state index in [1.165, 1.54) is 212 Å². The topological polar surface area (TPSA) is 95.9 Å². The summed E-state index contributed by atoms with van der Waals surface area (Å²) in [6, 6.07) is -0.707. The first kappa shape index (κ1) is 62.3. The van der Waals surface area contributed by atoms with Crippen molar-refractivity contribution in [2.45, 2.75) is 328 Å². The normalized spacial score (nSPS) is 13.3. The number of carbonyl (C=O) groups excluding carboxylic acids is 2. The number of aliphatic hydroxyl groups excluding tert-OH is 2. The van der Waals surface area contributed by atoms with Gasteiger partial charge in [-0.1, -0.05) is 251 Å². The minimum absolute atomic E-state index is 0.0595. The third kappa shape index (κ3) is 46.9. The van der Waals surface area contributed by atoms with Gasteiger partial charge < -0.3 is 20.3 Å². The Morgan fingerprint density at radius 2 is 0.766 bits per heavy atom. The number of esters is 1. The summed E-state index contributed by atoms with van der Waals surface area (Å²) in [5.41, 5.74) is 0. The van der Waals surface area contributed by atoms with Gasteiger partial charge in [-0.3, -0.25) is 9.59 Å². The lowest BCUT2D eigenvalue weighted by atomic mass is 10.0. The predicted molar refractivity (Wildman–Crippen MR) is 278 cm³/mol. The SMILES string of the molecule is CCCCCCCC/C=C/CCCCCCCCCC(=O)OC(CCC/C=C\CCCCCCCCC)CC(=O)NC(CO)C(O)CCCCCCCCCCCCCCCCCC. The van der Waals surface area contributed by atoms with Crippen LogP contribution in [0.2, 0.25) is 0 Å². The van der Waals surface area contributed by atoms with Crippen molar-refractivity contribution in [3.05, 3.63) is 24.3 Å². The Kier molecular flexibility index (Phi) is 51.0. The molecule has 64 heavy (non-hydrogen) atoms. The van der Waals surface area contributed by atoms with Gasteiger partial charge in [0, 0.05) is 6.42 Å². The van der Waals surface area contributed by atoms with E-state index < -0.39 is 18.2 Å². The highest BCUT2D eigenvalue weighted by Crippen LogP contribution is 2.18. The van der Waals surface area contributed by atoms with Crippen molar-refractivity contribution < 1.29 is 24.5 Å². The molecule has 0 aromatic heterocycles. The maximum atomic E-state index is 13.2. The molecule has 0 bridgehead atoms. The molecule has 0 aromatic rings. The summed E-state index contributed by atoms with van der Waals surface area (Å²) in [5.74, 6) is -0.493. The molecule has 3 atom stereocenters. The van der Waals surface area contributed by atoms with Crippen LogP contribution in [0.5, 0.6) is 0 Å². The molecule has 6 nitrogen and oxygen atoms in total. The van der Waals surface area contributed by atoms with Gasteiger partial charge in [-0.25, -0.2) is 0 Å². The van der Waals surface area contributed by atoms with Crippen molar-refractivity contribution in [1.82, 2.24) is 5.32 Å². The van der Waals surface area contributed by atoms with Crippen LogP contribution in [0, 0.1) is 0 Å². The molecule has 0 saturated carbocycles. The average molecular weight is 903 g/mol. The number of ether oxygens (including phenoxy) is 1. The van der Waals surface area contributed by atoms with Crippen LogP contribution in [-0.4, -0.2) is 46.9 Å². The van der Waals surface area contributed by atoms with Crippen LogP contribution in [-0.2, 0) is 14.3 Å². The smallest absolute Gasteiger partial charge is 0.306 e. The summed E-state index contributed by atoms with van der Waals surface area (Å²) in [6.07, 6.45) is 61.0. The third-order valence-electron chi connectivity index (χ3n) is 13.3. The van der Waals surface area contributed by atoms with Gasteiger partial charge in [0.05, 0.1) is 25.2 Å². The Labute approximate surface area is 399 Å². The van der Waals surface area contributed by atoms with Crippen LogP contribution in [0.3, 0.4) is 0 Å². The number of rotatable bonds is 52. The highest BCUT2D eigenvalue weighted by molar-refractivity contribution is 5.77. The lowest BCUT2D eigenvalue weighted by molar-refractivity contribution is -0.151. The molecule has 0 aromatic carbocycles. The molecular formula is C58H111NO5. The Morgan fingerprint density at radius 3 is 1.14 bits per heavy atom. The summed E-state index contributed by atoms with van der Waals surface area (Å²) in [5, 5.41) is 23.9. The second-order valence-electron chi connectivity index (χ2n) is 19.7. The zero-order chi connectivity index (χ0) is 46.7. The predicted octanol–water partition coefficient (Wildman–Crippen LogP) is 17.5. The van der Waals surface area contributed by atoms with E-state index >= 15 is 0 Å². The van der Waals surface area contributed by atoms with Gasteiger partial charge in [0.25, 0.3) is 0 Å². The molecule has 0 saturated heterocycles. The number of hydrogen-bond donors (Lipinski definition) is 3. The van der Waals surface area contributed by atoms with Gasteiger partial charge in [0.1, 0.15) is 6.10 Å². The molecule has 3 N–H and O–H groups in total. The van der Waals surface area contributed by atoms with E-state index in [4.69, 9.17) is 4.74 Å². The summed E-state index contributed by atoms with van der Waals surface area (Å²) in [4.78, 5) is 26.2. The van der Waals surface area contributed by atoms with Crippen LogP contribution < -0.4 is 5.32 Å². The lowest BCUT2D eigenvalue weighted by Gasteiger charge is -2.24. The van der Waals surface area contributed by atoms with E-state index in [2.05, 4.69) is 50.4 Å². The standard InChI is InChI=1S/C58H111NO5/c1-4-7-10-13-16-19-22-25-27-29-31-33-36-39-42-45-48-51-58(63)64-54(49-46-43-40-37-34-24-21-18-15-12-9-6-3)52-57(62)59-55(53-60)56(61)50-47-44-41-38-35-32-30-28-26-23-20-17-14-11-8-5-2/h25,27,37,40,54-56,60-61H,4-24,26,28-36,38-39,41-53H2,1-3H3,(H,59,62)/b27-25+,40-37-. The number of nitrogens with one attached hydrogen (secondary N) is 1. The van der Waals surface area contributed by atoms with E-state index in [-0.39, 0.29) is 24.9 Å². The summed E-state index contributed by atoms with van der Waals surface area (Å²) >= 11 is 0. The average Bonchev–Trinajstić information content (AvgIpc) is 3.29. The Bertz CT molecular complexity index is 1010. The number of aliphatic hydroxyl groups is 2. The molecular weight excluding hydrogens is 791 g/mol. The minimum atomic E-state index is -0.792. The molecule has 1 amide bonds. The Balaban J connectivity index is 4.49. The van der Waals surface area contributed by atoms with Crippen LogP contribution in [0.1, 0.15) is 310 Å². The maximum Gasteiger partial charge on any atom is 0.306 e. The highest BCUT2D eigenvalue weighted by Gasteiger charge is 2.24. The van der Waals surface area contributed by atoms with Gasteiger partial charge in [-0.05, 0) is 70.6 Å². The van der Waals surface area contributed by atoms with E-state index in [1.54, 1.807) is 0 Å². The number of unbranched alkanes of at least 4 members (excludes halogenated alkanes) is 36. The Morgan fingerprint density at radius 1 is 0.438 bits per heavy atom. The molecule has 0 fully saturated rings. The van der Waals surface area contributed by atoms with Crippen molar-refractivity contribution >= 4 is 11.9 Å². The third-order valence-corrected chi connectivity index (χ3v) is 13.3. The van der Waals surface area contributed by atoms with E-state index in [0.717, 1.165) is 51.4 Å². The molecule has 3 unspecified atom stereocenters. The first-order chi connectivity index (χ1) is 31.5. The van der Waals surface area contributed by atoms with E-state index in [0.29, 0.717) is 19.3 Å². The van der Waals surface area contributed by atoms with Crippen LogP contribution in [0.4, 0.5) is 0 Å². The molecule has 0 spiro atoms. The Hall–Kier alpha value is -1.66. The first-order valence-corrected chi connectivity index (χ1v) is 28.6. The van der Waals surface area contributed by atoms with Crippen LogP contribution in [0.25, 0.3) is 0 Å². The number of allylic oxidation sites excluding steroid dienone is 4. The van der Waals surface area contributed by atoms with Crippen LogP contribution in [0.15, 0.2) is 24.3 Å². The minimum Gasteiger partial charge on any atom is -0.462 e. The zero-order valence-electron chi connectivity index (χ0n) is 43.2. The first-order valence-electron chi connectivity index (χ1n) is 28.6. The van der Waals surface area contributed by atoms with Crippen molar-refractivity contribution in [3.8, 4) is 0 Å². The molecule has 0 heterocycles. The largest absolute Gasteiger partial charge is 0.462 e. The summed E-state index contributed by atoms with van der Waals surface area (Å²) in [7, 11) is 0. The lowest BCUT2D eigenvalue weighted by Crippen LogP contribution is -2.46. The number of amides is 1. The number of hydrogen-bond acceptors (Lipinski definition) is 5. The highest BCUT2D eigenvalue weighted by atomic mass is 16.5. The maximum absolute atomic E-state index is 13.2. The molecule has 6 heteroatoms. The van der Waals surface area contributed by atoms with Crippen molar-refractivity contribution in [2.24, 2.45) is 0 Å². The number of carbonyl (C=O) groups is 2. The monoisotopic (exact) mass is 902 g/mol. The van der Waals surface area contributed by atoms with E-state index in [1.807, 2.05) is 0 Å². The molecule has 0 radical (unpaired) electrons. The van der Waals surface area contributed by atoms with Crippen LogP contribution >= 0.6 is 0 Å². The molecule has 0 rings (SSSR count). The molecule has 378 valence electrons. The second-order valence-corrected chi connectivity index (χ2v) is 19.7. The van der Waals surface area contributed by atoms with Gasteiger partial charge in [-0.2, -0.15) is 0 Å². The quantitative estimate of drug-likeness (QED) is 0.0321. The van der Waals surface area contributed by atoms with Gasteiger partial charge in [0.15, 0.2) is 0 Å². The van der Waals surface area contributed by atoms with Gasteiger partial charge in [0.2, 0.25) is 5.91 Å². The zero-order valence-corrected chi connectivity index (χ0v) is 43.2. The van der Waals surface area contributed by atoms with Crippen molar-refractivity contribution in [2.75, 3.05) is 6.61 Å². The fourth-order valence-corrected chi connectivity index (χ4v) is 8.90. The van der Waals surface area contributed by atoms with Gasteiger partial charge in [-0.15, -0.1) is 0 Å². The molecule has 0 aliphatic carbocycles. The van der Waals surface area contributed by atoms with Crippen molar-refractivity contribution in [1.29, 1.82) is 0 Å². The van der Waals surface area contributed by atoms with E-state index in [9.17, 15) is 19.8 Å². The fraction of sp³-hybridized carbons (Fsp3) is 0.897.